The molecule has 1 aromatic heterocycles. The van der Waals surface area contributed by atoms with Crippen molar-refractivity contribution in [1.29, 1.82) is 0 Å². The number of ether oxygens (including phenoxy) is 1. The summed E-state index contributed by atoms with van der Waals surface area (Å²) in [5.41, 5.74) is 6.56. The molecule has 0 radical (unpaired) electrons. The summed E-state index contributed by atoms with van der Waals surface area (Å²) in [6.07, 6.45) is 1.74. The fraction of sp³-hybridized carbons (Fsp3) is 0.600. The molecule has 2 rings (SSSR count). The third-order valence-corrected chi connectivity index (χ3v) is 3.46. The highest BCUT2D eigenvalue weighted by Gasteiger charge is 2.29. The van der Waals surface area contributed by atoms with Gasteiger partial charge < -0.3 is 20.7 Å². The Morgan fingerprint density at radius 1 is 1.62 bits per heavy atom. The molecule has 1 amide bonds. The van der Waals surface area contributed by atoms with Crippen molar-refractivity contribution in [2.75, 3.05) is 31.2 Å². The number of primary amides is 1. The summed E-state index contributed by atoms with van der Waals surface area (Å²) in [5, 5.41) is 3.41. The van der Waals surface area contributed by atoms with E-state index < -0.39 is 6.04 Å². The second kappa shape index (κ2) is 7.38. The van der Waals surface area contributed by atoms with Gasteiger partial charge in [0, 0.05) is 24.8 Å². The average molecular weight is 292 g/mol. The van der Waals surface area contributed by atoms with Crippen LogP contribution in [-0.2, 0) is 16.1 Å². The first-order valence-corrected chi connectivity index (χ1v) is 7.38. The number of carbonyl (C=O) groups is 1. The Labute approximate surface area is 125 Å². The number of carbonyl (C=O) groups excluding carboxylic acids is 1. The van der Waals surface area contributed by atoms with Crippen LogP contribution >= 0.6 is 0 Å². The molecule has 1 aliphatic heterocycles. The molecule has 1 fully saturated rings. The van der Waals surface area contributed by atoms with E-state index in [2.05, 4.69) is 24.1 Å². The number of amides is 1. The Morgan fingerprint density at radius 3 is 3.14 bits per heavy atom. The van der Waals surface area contributed by atoms with Gasteiger partial charge in [-0.3, -0.25) is 4.79 Å². The lowest BCUT2D eigenvalue weighted by atomic mass is 10.1. The van der Waals surface area contributed by atoms with Crippen LogP contribution in [-0.4, -0.2) is 43.2 Å². The summed E-state index contributed by atoms with van der Waals surface area (Å²) in [6, 6.07) is 3.50. The van der Waals surface area contributed by atoms with Gasteiger partial charge in [0.25, 0.3) is 0 Å². The lowest BCUT2D eigenvalue weighted by Gasteiger charge is -2.35. The zero-order chi connectivity index (χ0) is 15.2. The molecule has 0 spiro atoms. The summed E-state index contributed by atoms with van der Waals surface area (Å²) in [5.74, 6) is 1.04. The van der Waals surface area contributed by atoms with Crippen LogP contribution in [0, 0.1) is 5.92 Å². The van der Waals surface area contributed by atoms with Gasteiger partial charge >= 0.3 is 0 Å². The first-order valence-electron chi connectivity index (χ1n) is 7.38. The summed E-state index contributed by atoms with van der Waals surface area (Å²) in [7, 11) is 0. The number of anilines is 1. The highest BCUT2D eigenvalue weighted by atomic mass is 16.5. The lowest BCUT2D eigenvalue weighted by molar-refractivity contribution is -0.121. The van der Waals surface area contributed by atoms with Gasteiger partial charge in [-0.2, -0.15) is 0 Å². The Bertz CT molecular complexity index is 478. The molecule has 1 saturated heterocycles. The summed E-state index contributed by atoms with van der Waals surface area (Å²) >= 11 is 0. The number of nitrogens with zero attached hydrogens (tertiary/aromatic N) is 2. The number of rotatable bonds is 6. The number of morpholine rings is 1. The smallest absolute Gasteiger partial charge is 0.242 e. The molecule has 6 nitrogen and oxygen atoms in total. The molecule has 1 atom stereocenters. The fourth-order valence-electron chi connectivity index (χ4n) is 2.42. The van der Waals surface area contributed by atoms with Crippen LogP contribution < -0.4 is 16.0 Å². The standard InChI is InChI=1S/C15H24N4O2/c1-11(2)8-17-9-12-4-3-5-18-15(12)19-6-7-21-10-13(19)14(16)20/h3-5,11,13,17H,6-10H2,1-2H3,(H2,16,20). The van der Waals surface area contributed by atoms with E-state index >= 15 is 0 Å². The van der Waals surface area contributed by atoms with Crippen LogP contribution in [0.25, 0.3) is 0 Å². The SMILES string of the molecule is CC(C)CNCc1cccnc1N1CCOCC1C(N)=O. The Morgan fingerprint density at radius 2 is 2.43 bits per heavy atom. The maximum Gasteiger partial charge on any atom is 0.242 e. The summed E-state index contributed by atoms with van der Waals surface area (Å²) in [4.78, 5) is 18.0. The molecular weight excluding hydrogens is 268 g/mol. The Kier molecular flexibility index (Phi) is 5.52. The Balaban J connectivity index is 2.15. The first kappa shape index (κ1) is 15.7. The van der Waals surface area contributed by atoms with Gasteiger partial charge in [-0.25, -0.2) is 4.98 Å². The predicted molar refractivity (Wildman–Crippen MR) is 81.9 cm³/mol. The number of aromatic nitrogens is 1. The highest BCUT2D eigenvalue weighted by Crippen LogP contribution is 2.21. The number of hydrogen-bond donors (Lipinski definition) is 2. The van der Waals surface area contributed by atoms with Gasteiger partial charge in [-0.1, -0.05) is 19.9 Å². The number of nitrogens with one attached hydrogen (secondary N) is 1. The topological polar surface area (TPSA) is 80.5 Å². The third kappa shape index (κ3) is 4.15. The van der Waals surface area contributed by atoms with Crippen molar-refractivity contribution in [2.24, 2.45) is 11.7 Å². The van der Waals surface area contributed by atoms with E-state index in [0.717, 1.165) is 24.5 Å². The van der Waals surface area contributed by atoms with Crippen molar-refractivity contribution in [2.45, 2.75) is 26.4 Å². The van der Waals surface area contributed by atoms with E-state index in [-0.39, 0.29) is 5.91 Å². The van der Waals surface area contributed by atoms with Crippen molar-refractivity contribution in [1.82, 2.24) is 10.3 Å². The second-order valence-corrected chi connectivity index (χ2v) is 5.70. The lowest BCUT2D eigenvalue weighted by Crippen LogP contribution is -2.53. The average Bonchev–Trinajstić information content (AvgIpc) is 2.47. The van der Waals surface area contributed by atoms with Crippen LogP contribution in [0.5, 0.6) is 0 Å². The van der Waals surface area contributed by atoms with E-state index in [0.29, 0.717) is 25.7 Å². The zero-order valence-electron chi connectivity index (χ0n) is 12.7. The molecule has 0 aliphatic carbocycles. The monoisotopic (exact) mass is 292 g/mol. The zero-order valence-corrected chi connectivity index (χ0v) is 12.7. The molecule has 0 aromatic carbocycles. The van der Waals surface area contributed by atoms with Crippen molar-refractivity contribution < 1.29 is 9.53 Å². The van der Waals surface area contributed by atoms with Crippen molar-refractivity contribution >= 4 is 11.7 Å². The van der Waals surface area contributed by atoms with Crippen LogP contribution in [0.15, 0.2) is 18.3 Å². The maximum atomic E-state index is 11.6. The van der Waals surface area contributed by atoms with Gasteiger partial charge in [-0.15, -0.1) is 0 Å². The van der Waals surface area contributed by atoms with Crippen LogP contribution in [0.1, 0.15) is 19.4 Å². The summed E-state index contributed by atoms with van der Waals surface area (Å²) < 4.78 is 5.36. The van der Waals surface area contributed by atoms with E-state index in [4.69, 9.17) is 10.5 Å². The van der Waals surface area contributed by atoms with Crippen LogP contribution in [0.2, 0.25) is 0 Å². The molecule has 0 saturated carbocycles. The molecule has 21 heavy (non-hydrogen) atoms. The predicted octanol–water partition coefficient (Wildman–Crippen LogP) is 0.518. The number of pyridine rings is 1. The first-order chi connectivity index (χ1) is 10.1. The fourth-order valence-corrected chi connectivity index (χ4v) is 2.42. The van der Waals surface area contributed by atoms with Gasteiger partial charge in [0.05, 0.1) is 13.2 Å². The molecule has 0 bridgehead atoms. The van der Waals surface area contributed by atoms with E-state index in [1.54, 1.807) is 6.20 Å². The maximum absolute atomic E-state index is 11.6. The molecule has 116 valence electrons. The molecular formula is C15H24N4O2. The molecule has 3 N–H and O–H groups in total. The van der Waals surface area contributed by atoms with Gasteiger partial charge in [-0.05, 0) is 18.5 Å². The quantitative estimate of drug-likeness (QED) is 0.799. The molecule has 1 aliphatic rings. The van der Waals surface area contributed by atoms with Gasteiger partial charge in [0.2, 0.25) is 5.91 Å². The van der Waals surface area contributed by atoms with Crippen molar-refractivity contribution in [3.8, 4) is 0 Å². The molecule has 1 unspecified atom stereocenters. The second-order valence-electron chi connectivity index (χ2n) is 5.70. The van der Waals surface area contributed by atoms with E-state index in [1.807, 2.05) is 17.0 Å². The van der Waals surface area contributed by atoms with Crippen LogP contribution in [0.3, 0.4) is 0 Å². The van der Waals surface area contributed by atoms with Gasteiger partial charge in [0.1, 0.15) is 11.9 Å². The van der Waals surface area contributed by atoms with E-state index in [9.17, 15) is 4.79 Å². The van der Waals surface area contributed by atoms with Gasteiger partial charge in [0.15, 0.2) is 0 Å². The number of nitrogens with two attached hydrogens (primary N) is 1. The molecule has 6 heteroatoms. The minimum absolute atomic E-state index is 0.324. The van der Waals surface area contributed by atoms with Crippen molar-refractivity contribution in [3.05, 3.63) is 23.9 Å². The molecule has 1 aromatic rings. The Hall–Kier alpha value is -1.66. The van der Waals surface area contributed by atoms with Crippen molar-refractivity contribution in [3.63, 3.8) is 0 Å². The minimum atomic E-state index is -0.447. The molecule has 2 heterocycles. The largest absolute Gasteiger partial charge is 0.377 e. The summed E-state index contributed by atoms with van der Waals surface area (Å²) in [6.45, 7) is 7.54. The van der Waals surface area contributed by atoms with E-state index in [1.165, 1.54) is 0 Å². The number of hydrogen-bond acceptors (Lipinski definition) is 5. The normalized spacial score (nSPS) is 19.0. The minimum Gasteiger partial charge on any atom is -0.377 e. The van der Waals surface area contributed by atoms with Crippen LogP contribution in [0.4, 0.5) is 5.82 Å². The third-order valence-electron chi connectivity index (χ3n) is 3.46. The highest BCUT2D eigenvalue weighted by molar-refractivity contribution is 5.84.